The number of carbonyl (C=O) groups excluding carboxylic acids is 1. The highest BCUT2D eigenvalue weighted by atomic mass is 32.2. The van der Waals surface area contributed by atoms with Gasteiger partial charge < -0.3 is 19.7 Å². The van der Waals surface area contributed by atoms with Gasteiger partial charge in [-0.15, -0.1) is 0 Å². The number of hydrogen-bond acceptors (Lipinski definition) is 7. The van der Waals surface area contributed by atoms with E-state index < -0.39 is 16.1 Å². The van der Waals surface area contributed by atoms with Crippen molar-refractivity contribution in [3.63, 3.8) is 0 Å². The smallest absolute Gasteiger partial charge is 0.421 e. The first-order valence-electron chi connectivity index (χ1n) is 16.5. The fourth-order valence-corrected chi connectivity index (χ4v) is 11.4. The highest BCUT2D eigenvalue weighted by Crippen LogP contribution is 2.68. The van der Waals surface area contributed by atoms with Crippen molar-refractivity contribution in [1.29, 1.82) is 0 Å². The van der Waals surface area contributed by atoms with Crippen LogP contribution in [0.3, 0.4) is 0 Å². The predicted molar refractivity (Wildman–Crippen MR) is 163 cm³/mol. The molecule has 6 rings (SSSR count). The Bertz CT molecular complexity index is 1350. The molecule has 4 aliphatic carbocycles. The summed E-state index contributed by atoms with van der Waals surface area (Å²) in [6.07, 6.45) is 7.73. The topological polar surface area (TPSA) is 122 Å². The van der Waals surface area contributed by atoms with Crippen molar-refractivity contribution < 1.29 is 32.9 Å². The van der Waals surface area contributed by atoms with Crippen molar-refractivity contribution in [3.8, 4) is 5.75 Å². The molecular formula is C34H51NO7S. The van der Waals surface area contributed by atoms with Crippen LogP contribution in [0.5, 0.6) is 5.75 Å². The van der Waals surface area contributed by atoms with Crippen molar-refractivity contribution in [2.75, 3.05) is 6.61 Å². The number of aryl methyl sites for hydroxylation is 1. The van der Waals surface area contributed by atoms with Gasteiger partial charge in [-0.25, -0.2) is 17.9 Å². The summed E-state index contributed by atoms with van der Waals surface area (Å²) >= 11 is 0. The quantitative estimate of drug-likeness (QED) is 0.380. The fourth-order valence-electron chi connectivity index (χ4n) is 10.5. The molecule has 5 aliphatic rings. The lowest BCUT2D eigenvalue weighted by atomic mass is 9.43. The van der Waals surface area contributed by atoms with Gasteiger partial charge in [0.2, 0.25) is 0 Å². The van der Waals surface area contributed by atoms with Crippen LogP contribution >= 0.6 is 0 Å². The van der Waals surface area contributed by atoms with Gasteiger partial charge in [-0.2, -0.15) is 0 Å². The molecule has 8 nitrogen and oxygen atoms in total. The number of benzene rings is 1. The first kappa shape index (κ1) is 31.2. The Morgan fingerprint density at radius 1 is 1.02 bits per heavy atom. The molecule has 1 aliphatic heterocycles. The van der Waals surface area contributed by atoms with Crippen LogP contribution in [0.15, 0.2) is 23.1 Å². The minimum Gasteiger partial charge on any atom is -0.488 e. The van der Waals surface area contributed by atoms with E-state index in [9.17, 15) is 23.4 Å². The maximum absolute atomic E-state index is 13.0. The first-order chi connectivity index (χ1) is 20.1. The second-order valence-corrected chi connectivity index (χ2v) is 17.4. The summed E-state index contributed by atoms with van der Waals surface area (Å²) in [5.41, 5.74) is 0.753. The Morgan fingerprint density at radius 3 is 2.51 bits per heavy atom. The minimum absolute atomic E-state index is 0.0249. The Labute approximate surface area is 257 Å². The number of sulfonamides is 1. The highest BCUT2D eigenvalue weighted by Gasteiger charge is 2.63. The SMILES string of the molecule is C[C@H](COC(=O)NS(=O)(=O)c1ccc2c(c1)CCC(C)(C)O2)[C@H]1CC[C@H]2[C@@H]3[C@H](O)C[C@@H]4C[C@H](O)CC[C@]4(C)[C@H]3CC[C@]12C. The molecule has 0 spiro atoms. The van der Waals surface area contributed by atoms with Crippen molar-refractivity contribution in [3.05, 3.63) is 23.8 Å². The van der Waals surface area contributed by atoms with E-state index in [1.54, 1.807) is 12.1 Å². The van der Waals surface area contributed by atoms with Crippen molar-refractivity contribution in [2.24, 2.45) is 46.3 Å². The molecule has 9 heteroatoms. The zero-order valence-electron chi connectivity index (χ0n) is 26.5. The van der Waals surface area contributed by atoms with Crippen LogP contribution in [0, 0.1) is 46.3 Å². The van der Waals surface area contributed by atoms with Crippen LogP contribution in [0.2, 0.25) is 0 Å². The second-order valence-electron chi connectivity index (χ2n) is 15.8. The van der Waals surface area contributed by atoms with Gasteiger partial charge in [0.1, 0.15) is 11.4 Å². The lowest BCUT2D eigenvalue weighted by molar-refractivity contribution is -0.174. The molecule has 4 fully saturated rings. The number of hydrogen-bond donors (Lipinski definition) is 3. The summed E-state index contributed by atoms with van der Waals surface area (Å²) in [6, 6.07) is 4.70. The van der Waals surface area contributed by atoms with E-state index in [4.69, 9.17) is 9.47 Å². The molecule has 43 heavy (non-hydrogen) atoms. The minimum atomic E-state index is -4.08. The molecule has 240 valence electrons. The third kappa shape index (κ3) is 5.50. The maximum Gasteiger partial charge on any atom is 0.421 e. The van der Waals surface area contributed by atoms with Crippen molar-refractivity contribution in [2.45, 2.75) is 122 Å². The van der Waals surface area contributed by atoms with Gasteiger partial charge in [-0.3, -0.25) is 0 Å². The van der Waals surface area contributed by atoms with Gasteiger partial charge >= 0.3 is 6.09 Å². The van der Waals surface area contributed by atoms with Gasteiger partial charge in [-0.1, -0.05) is 20.8 Å². The van der Waals surface area contributed by atoms with Crippen LogP contribution < -0.4 is 9.46 Å². The molecule has 0 unspecified atom stereocenters. The summed E-state index contributed by atoms with van der Waals surface area (Å²) in [4.78, 5) is 12.7. The average Bonchev–Trinajstić information content (AvgIpc) is 3.29. The summed E-state index contributed by atoms with van der Waals surface area (Å²) < 4.78 is 39.6. The van der Waals surface area contributed by atoms with Gasteiger partial charge in [0.25, 0.3) is 10.0 Å². The number of fused-ring (bicyclic) bond motifs is 6. The molecule has 4 saturated carbocycles. The van der Waals surface area contributed by atoms with E-state index in [-0.39, 0.29) is 52.0 Å². The zero-order valence-corrected chi connectivity index (χ0v) is 27.3. The monoisotopic (exact) mass is 617 g/mol. The van der Waals surface area contributed by atoms with E-state index >= 15 is 0 Å². The summed E-state index contributed by atoms with van der Waals surface area (Å²) in [5, 5.41) is 21.8. The number of rotatable bonds is 5. The third-order valence-corrected chi connectivity index (χ3v) is 14.1. The molecule has 3 N–H and O–H groups in total. The van der Waals surface area contributed by atoms with Gasteiger partial charge in [-0.05, 0) is 148 Å². The standard InChI is InChI=1S/C34H51NO7S/c1-20(19-41-31(38)35-43(39,40)24-6-9-29-21(16-24)10-13-32(2,3)42-29)25-7-8-26-30-27(12-15-34(25,26)5)33(4)14-11-23(36)17-22(33)18-28(30)37/h6,9,16,20,22-23,25-28,30,36-37H,7-8,10-15,17-19H2,1-5H3,(H,35,38)/t20-,22+,23-,25-,26+,27+,28-,30+,33+,34-/m1/s1. The van der Waals surface area contributed by atoms with E-state index in [2.05, 4.69) is 25.5 Å². The van der Waals surface area contributed by atoms with Gasteiger partial charge in [0, 0.05) is 0 Å². The number of carbonyl (C=O) groups is 1. The predicted octanol–water partition coefficient (Wildman–Crippen LogP) is 5.83. The highest BCUT2D eigenvalue weighted by molar-refractivity contribution is 7.90. The number of ether oxygens (including phenoxy) is 2. The van der Waals surface area contributed by atoms with Crippen molar-refractivity contribution in [1.82, 2.24) is 4.72 Å². The molecule has 0 bridgehead atoms. The number of amides is 1. The summed E-state index contributed by atoms with van der Waals surface area (Å²) in [7, 11) is -4.08. The second kappa shape index (κ2) is 10.9. The molecule has 0 aromatic heterocycles. The maximum atomic E-state index is 13.0. The summed E-state index contributed by atoms with van der Waals surface area (Å²) in [6.45, 7) is 11.1. The Morgan fingerprint density at radius 2 is 1.74 bits per heavy atom. The lowest BCUT2D eigenvalue weighted by Crippen LogP contribution is -2.58. The Kier molecular flexibility index (Phi) is 7.90. The molecule has 10 atom stereocenters. The van der Waals surface area contributed by atoms with Crippen LogP contribution in [-0.4, -0.2) is 49.1 Å². The van der Waals surface area contributed by atoms with E-state index in [1.165, 1.54) is 6.07 Å². The molecular weight excluding hydrogens is 566 g/mol. The molecule has 0 radical (unpaired) electrons. The van der Waals surface area contributed by atoms with E-state index in [1.807, 2.05) is 13.8 Å². The first-order valence-corrected chi connectivity index (χ1v) is 18.0. The average molecular weight is 618 g/mol. The molecule has 0 saturated heterocycles. The normalized spacial score (nSPS) is 40.6. The van der Waals surface area contributed by atoms with Crippen LogP contribution in [0.4, 0.5) is 4.79 Å². The molecule has 1 heterocycles. The van der Waals surface area contributed by atoms with E-state index in [0.29, 0.717) is 35.8 Å². The Hall–Kier alpha value is -1.84. The lowest BCUT2D eigenvalue weighted by Gasteiger charge is -2.62. The third-order valence-electron chi connectivity index (χ3n) is 12.8. The fraction of sp³-hybridized carbons (Fsp3) is 0.794. The van der Waals surface area contributed by atoms with Gasteiger partial charge in [0.15, 0.2) is 0 Å². The van der Waals surface area contributed by atoms with Gasteiger partial charge in [0.05, 0.1) is 23.7 Å². The number of aliphatic hydroxyl groups is 2. The molecule has 1 aromatic carbocycles. The largest absolute Gasteiger partial charge is 0.488 e. The zero-order chi connectivity index (χ0) is 30.9. The number of aliphatic hydroxyl groups excluding tert-OH is 2. The Balaban J connectivity index is 1.08. The van der Waals surface area contributed by atoms with Crippen molar-refractivity contribution >= 4 is 16.1 Å². The van der Waals surface area contributed by atoms with Crippen LogP contribution in [0.1, 0.15) is 98.0 Å². The summed E-state index contributed by atoms with van der Waals surface area (Å²) in [5.74, 6) is 2.64. The molecule has 1 aromatic rings. The molecule has 1 amide bonds. The van der Waals surface area contributed by atoms with Crippen LogP contribution in [-0.2, 0) is 21.2 Å². The van der Waals surface area contributed by atoms with E-state index in [0.717, 1.165) is 63.4 Å². The van der Waals surface area contributed by atoms with Crippen LogP contribution in [0.25, 0.3) is 0 Å². The number of nitrogens with one attached hydrogen (secondary N) is 1.